The van der Waals surface area contributed by atoms with Crippen LogP contribution in [0.4, 0.5) is 5.69 Å². The van der Waals surface area contributed by atoms with Gasteiger partial charge < -0.3 is 5.32 Å². The van der Waals surface area contributed by atoms with Crippen molar-refractivity contribution in [2.75, 3.05) is 11.9 Å². The number of aromatic nitrogens is 2. The molecule has 1 saturated carbocycles. The van der Waals surface area contributed by atoms with Gasteiger partial charge in [0.2, 0.25) is 0 Å². The van der Waals surface area contributed by atoms with Gasteiger partial charge in [-0.15, -0.1) is 0 Å². The first-order valence-corrected chi connectivity index (χ1v) is 6.09. The lowest BCUT2D eigenvalue weighted by molar-refractivity contribution is 0.262. The number of halogens is 1. The standard InChI is InChI=1S/C11H16ClN3O/c1-2-13-10-9(12)6-14-15(11(10)16)7-8-4-3-5-8/h6,8,13H,2-5,7H2,1H3. The van der Waals surface area contributed by atoms with E-state index in [2.05, 4.69) is 10.4 Å². The van der Waals surface area contributed by atoms with Crippen LogP contribution in [0.25, 0.3) is 0 Å². The Labute approximate surface area is 99.6 Å². The largest absolute Gasteiger partial charge is 0.380 e. The lowest BCUT2D eigenvalue weighted by Crippen LogP contribution is -2.30. The number of nitrogens with zero attached hydrogens (tertiary/aromatic N) is 2. The van der Waals surface area contributed by atoms with Crippen LogP contribution in [0.5, 0.6) is 0 Å². The molecule has 16 heavy (non-hydrogen) atoms. The molecule has 1 aliphatic carbocycles. The summed E-state index contributed by atoms with van der Waals surface area (Å²) >= 11 is 5.93. The van der Waals surface area contributed by atoms with Gasteiger partial charge in [-0.1, -0.05) is 18.0 Å². The second-order valence-electron chi connectivity index (χ2n) is 4.18. The fraction of sp³-hybridized carbons (Fsp3) is 0.636. The zero-order valence-electron chi connectivity index (χ0n) is 9.37. The number of hydrogen-bond donors (Lipinski definition) is 1. The summed E-state index contributed by atoms with van der Waals surface area (Å²) in [6, 6.07) is 0. The van der Waals surface area contributed by atoms with Gasteiger partial charge in [0.25, 0.3) is 5.56 Å². The van der Waals surface area contributed by atoms with Gasteiger partial charge in [0, 0.05) is 13.1 Å². The van der Waals surface area contributed by atoms with Gasteiger partial charge in [0.1, 0.15) is 5.69 Å². The van der Waals surface area contributed by atoms with E-state index in [4.69, 9.17) is 11.6 Å². The van der Waals surface area contributed by atoms with Crippen LogP contribution in [-0.4, -0.2) is 16.3 Å². The van der Waals surface area contributed by atoms with Crippen LogP contribution in [-0.2, 0) is 6.54 Å². The van der Waals surface area contributed by atoms with Gasteiger partial charge in [-0.3, -0.25) is 4.79 Å². The minimum Gasteiger partial charge on any atom is -0.380 e. The van der Waals surface area contributed by atoms with Gasteiger partial charge in [0.05, 0.1) is 11.2 Å². The normalized spacial score (nSPS) is 15.9. The summed E-state index contributed by atoms with van der Waals surface area (Å²) in [5.74, 6) is 0.612. The summed E-state index contributed by atoms with van der Waals surface area (Å²) in [5.41, 5.74) is 0.361. The summed E-state index contributed by atoms with van der Waals surface area (Å²) in [6.07, 6.45) is 5.22. The molecular weight excluding hydrogens is 226 g/mol. The van der Waals surface area contributed by atoms with E-state index in [-0.39, 0.29) is 5.56 Å². The molecule has 1 aliphatic rings. The van der Waals surface area contributed by atoms with E-state index < -0.39 is 0 Å². The highest BCUT2D eigenvalue weighted by Crippen LogP contribution is 2.27. The molecule has 0 saturated heterocycles. The SMILES string of the molecule is CCNc1c(Cl)cnn(CC2CCC2)c1=O. The molecule has 0 atom stereocenters. The molecule has 0 bridgehead atoms. The highest BCUT2D eigenvalue weighted by molar-refractivity contribution is 6.32. The molecule has 4 nitrogen and oxygen atoms in total. The predicted octanol–water partition coefficient (Wildman–Crippen LogP) is 2.13. The molecule has 0 radical (unpaired) electrons. The maximum absolute atomic E-state index is 12.0. The first-order valence-electron chi connectivity index (χ1n) is 5.72. The predicted molar refractivity (Wildman–Crippen MR) is 65.0 cm³/mol. The Kier molecular flexibility index (Phi) is 3.49. The molecule has 2 rings (SSSR count). The van der Waals surface area contributed by atoms with Crippen LogP contribution in [0.15, 0.2) is 11.0 Å². The molecule has 0 aliphatic heterocycles. The zero-order chi connectivity index (χ0) is 11.5. The van der Waals surface area contributed by atoms with Crippen molar-refractivity contribution >= 4 is 17.3 Å². The molecule has 1 N–H and O–H groups in total. The minimum atomic E-state index is -0.110. The van der Waals surface area contributed by atoms with Gasteiger partial charge in [-0.2, -0.15) is 5.10 Å². The van der Waals surface area contributed by atoms with E-state index in [1.807, 2.05) is 6.92 Å². The summed E-state index contributed by atoms with van der Waals surface area (Å²) < 4.78 is 1.52. The van der Waals surface area contributed by atoms with Crippen LogP contribution in [0, 0.1) is 5.92 Å². The summed E-state index contributed by atoms with van der Waals surface area (Å²) in [6.45, 7) is 3.34. The quantitative estimate of drug-likeness (QED) is 0.879. The Morgan fingerprint density at radius 2 is 2.38 bits per heavy atom. The highest BCUT2D eigenvalue weighted by atomic mass is 35.5. The van der Waals surface area contributed by atoms with Crippen LogP contribution in [0.2, 0.25) is 5.02 Å². The lowest BCUT2D eigenvalue weighted by atomic mass is 9.85. The van der Waals surface area contributed by atoms with Crippen LogP contribution in [0.3, 0.4) is 0 Å². The fourth-order valence-corrected chi connectivity index (χ4v) is 2.05. The first kappa shape index (κ1) is 11.5. The van der Waals surface area contributed by atoms with Gasteiger partial charge in [-0.25, -0.2) is 4.68 Å². The smallest absolute Gasteiger partial charge is 0.291 e. The van der Waals surface area contributed by atoms with E-state index in [1.54, 1.807) is 6.20 Å². The van der Waals surface area contributed by atoms with Gasteiger partial charge in [-0.05, 0) is 25.7 Å². The average molecular weight is 242 g/mol. The van der Waals surface area contributed by atoms with E-state index in [9.17, 15) is 4.79 Å². The molecule has 1 heterocycles. The van der Waals surface area contributed by atoms with Crippen LogP contribution >= 0.6 is 11.6 Å². The molecule has 1 aromatic rings. The van der Waals surface area contributed by atoms with Crippen molar-refractivity contribution in [3.8, 4) is 0 Å². The molecule has 0 spiro atoms. The third-order valence-corrected chi connectivity index (χ3v) is 3.29. The Hall–Kier alpha value is -1.03. The van der Waals surface area contributed by atoms with Crippen molar-refractivity contribution in [3.63, 3.8) is 0 Å². The molecular formula is C11H16ClN3O. The maximum Gasteiger partial charge on any atom is 0.291 e. The third kappa shape index (κ3) is 2.21. The van der Waals surface area contributed by atoms with Crippen LogP contribution in [0.1, 0.15) is 26.2 Å². The van der Waals surface area contributed by atoms with Crippen molar-refractivity contribution in [2.45, 2.75) is 32.7 Å². The zero-order valence-corrected chi connectivity index (χ0v) is 10.1. The Balaban J connectivity index is 2.24. The Morgan fingerprint density at radius 1 is 1.62 bits per heavy atom. The second kappa shape index (κ2) is 4.87. The summed E-state index contributed by atoms with van der Waals surface area (Å²) in [4.78, 5) is 12.0. The van der Waals surface area contributed by atoms with Crippen molar-refractivity contribution in [3.05, 3.63) is 21.6 Å². The molecule has 1 fully saturated rings. The van der Waals surface area contributed by atoms with Crippen molar-refractivity contribution in [1.29, 1.82) is 0 Å². The number of hydrogen-bond acceptors (Lipinski definition) is 3. The molecule has 0 amide bonds. The van der Waals surface area contributed by atoms with E-state index in [0.717, 1.165) is 0 Å². The Morgan fingerprint density at radius 3 is 2.94 bits per heavy atom. The number of nitrogens with one attached hydrogen (secondary N) is 1. The molecule has 0 unspecified atom stereocenters. The highest BCUT2D eigenvalue weighted by Gasteiger charge is 2.19. The fourth-order valence-electron chi connectivity index (χ4n) is 1.86. The van der Waals surface area contributed by atoms with Crippen molar-refractivity contribution in [1.82, 2.24) is 9.78 Å². The van der Waals surface area contributed by atoms with Gasteiger partial charge >= 0.3 is 0 Å². The van der Waals surface area contributed by atoms with Crippen molar-refractivity contribution in [2.24, 2.45) is 5.92 Å². The van der Waals surface area contributed by atoms with Crippen molar-refractivity contribution < 1.29 is 0 Å². The lowest BCUT2D eigenvalue weighted by Gasteiger charge is -2.25. The average Bonchev–Trinajstić information content (AvgIpc) is 2.20. The maximum atomic E-state index is 12.0. The topological polar surface area (TPSA) is 46.9 Å². The molecule has 88 valence electrons. The monoisotopic (exact) mass is 241 g/mol. The summed E-state index contributed by atoms with van der Waals surface area (Å²) in [5, 5.41) is 7.46. The number of anilines is 1. The van der Waals surface area contributed by atoms with E-state index in [0.29, 0.717) is 29.7 Å². The third-order valence-electron chi connectivity index (χ3n) is 3.01. The van der Waals surface area contributed by atoms with E-state index in [1.165, 1.54) is 23.9 Å². The van der Waals surface area contributed by atoms with Gasteiger partial charge in [0.15, 0.2) is 0 Å². The molecule has 0 aromatic carbocycles. The molecule has 5 heteroatoms. The first-order chi connectivity index (χ1) is 7.72. The minimum absolute atomic E-state index is 0.110. The number of rotatable bonds is 4. The van der Waals surface area contributed by atoms with E-state index >= 15 is 0 Å². The molecule has 1 aromatic heterocycles. The summed E-state index contributed by atoms with van der Waals surface area (Å²) in [7, 11) is 0. The Bertz CT molecular complexity index is 426. The second-order valence-corrected chi connectivity index (χ2v) is 4.59. The van der Waals surface area contributed by atoms with Crippen LogP contribution < -0.4 is 10.9 Å².